The number of rotatable bonds is 6. The summed E-state index contributed by atoms with van der Waals surface area (Å²) in [6, 6.07) is 3.85. The molecule has 25 heavy (non-hydrogen) atoms. The Morgan fingerprint density at radius 2 is 1.68 bits per heavy atom. The van der Waals surface area contributed by atoms with Crippen molar-refractivity contribution in [2.24, 2.45) is 11.7 Å². The van der Waals surface area contributed by atoms with E-state index in [-0.39, 0.29) is 24.4 Å². The second-order valence-corrected chi connectivity index (χ2v) is 6.29. The average molecular weight is 373 g/mol. The Kier molecular flexibility index (Phi) is 8.32. The third-order valence-electron chi connectivity index (χ3n) is 4.72. The van der Waals surface area contributed by atoms with Crippen molar-refractivity contribution >= 4 is 18.3 Å². The molecule has 1 aromatic carbocycles. The van der Waals surface area contributed by atoms with Gasteiger partial charge in [0.2, 0.25) is 11.7 Å². The number of carbonyl (C=O) groups excluding carboxylic acids is 1. The molecule has 1 aliphatic rings. The topological polar surface area (TPSA) is 74.0 Å². The van der Waals surface area contributed by atoms with Gasteiger partial charge in [-0.25, -0.2) is 0 Å². The molecule has 1 saturated heterocycles. The van der Waals surface area contributed by atoms with E-state index in [4.69, 9.17) is 19.9 Å². The number of nitrogens with two attached hydrogens (primary N) is 1. The van der Waals surface area contributed by atoms with Crippen LogP contribution >= 0.6 is 12.4 Å². The van der Waals surface area contributed by atoms with Crippen LogP contribution in [0.2, 0.25) is 0 Å². The smallest absolute Gasteiger partial charge is 0.226 e. The molecule has 142 valence electrons. The van der Waals surface area contributed by atoms with Crippen LogP contribution in [0.1, 0.15) is 25.3 Å². The molecule has 1 aromatic rings. The van der Waals surface area contributed by atoms with Crippen molar-refractivity contribution in [2.75, 3.05) is 34.4 Å². The Morgan fingerprint density at radius 1 is 1.16 bits per heavy atom. The van der Waals surface area contributed by atoms with Gasteiger partial charge in [0.05, 0.1) is 27.8 Å². The molecule has 0 bridgehead atoms. The zero-order valence-electron chi connectivity index (χ0n) is 15.4. The number of hydrogen-bond acceptors (Lipinski definition) is 5. The lowest BCUT2D eigenvalue weighted by Crippen LogP contribution is -2.43. The van der Waals surface area contributed by atoms with Crippen LogP contribution < -0.4 is 19.9 Å². The largest absolute Gasteiger partial charge is 0.493 e. The van der Waals surface area contributed by atoms with Crippen molar-refractivity contribution in [3.8, 4) is 17.2 Å². The Balaban J connectivity index is 0.00000312. The fraction of sp³-hybridized carbons (Fsp3) is 0.611. The summed E-state index contributed by atoms with van der Waals surface area (Å²) in [7, 11) is 4.71. The maximum atomic E-state index is 12.6. The molecule has 0 aliphatic carbocycles. The van der Waals surface area contributed by atoms with Gasteiger partial charge >= 0.3 is 0 Å². The predicted octanol–water partition coefficient (Wildman–Crippen LogP) is 2.26. The third kappa shape index (κ3) is 5.16. The zero-order valence-corrected chi connectivity index (χ0v) is 16.2. The van der Waals surface area contributed by atoms with E-state index in [1.54, 1.807) is 21.3 Å². The number of carbonyl (C=O) groups is 1. The first kappa shape index (κ1) is 21.4. The molecule has 0 spiro atoms. The number of amides is 1. The molecule has 1 amide bonds. The summed E-state index contributed by atoms with van der Waals surface area (Å²) in [6.45, 7) is 3.59. The fourth-order valence-corrected chi connectivity index (χ4v) is 3.20. The maximum Gasteiger partial charge on any atom is 0.226 e. The van der Waals surface area contributed by atoms with Crippen molar-refractivity contribution in [2.45, 2.75) is 32.2 Å². The highest BCUT2D eigenvalue weighted by atomic mass is 35.5. The molecule has 1 fully saturated rings. The van der Waals surface area contributed by atoms with Crippen molar-refractivity contribution in [3.05, 3.63) is 17.7 Å². The molecule has 0 aromatic heterocycles. The lowest BCUT2D eigenvalue weighted by molar-refractivity contribution is -0.131. The van der Waals surface area contributed by atoms with Gasteiger partial charge in [-0.2, -0.15) is 0 Å². The molecule has 0 saturated carbocycles. The van der Waals surface area contributed by atoms with Gasteiger partial charge in [0.15, 0.2) is 11.5 Å². The van der Waals surface area contributed by atoms with Crippen LogP contribution in [0.15, 0.2) is 12.1 Å². The van der Waals surface area contributed by atoms with Gasteiger partial charge < -0.3 is 24.8 Å². The summed E-state index contributed by atoms with van der Waals surface area (Å²) in [5, 5.41) is 0. The number of methoxy groups -OCH3 is 3. The van der Waals surface area contributed by atoms with Gasteiger partial charge in [-0.15, -0.1) is 12.4 Å². The van der Waals surface area contributed by atoms with E-state index in [9.17, 15) is 4.79 Å². The standard InChI is InChI=1S/C18H28N2O4.ClH/c1-12(19)14-5-7-20(8-6-14)17(21)11-13-9-15(22-2)18(24-4)16(10-13)23-3;/h9-10,12,14H,5-8,11,19H2,1-4H3;1H. The molecule has 2 rings (SSSR count). The third-order valence-corrected chi connectivity index (χ3v) is 4.72. The van der Waals surface area contributed by atoms with Gasteiger partial charge in [-0.1, -0.05) is 0 Å². The Morgan fingerprint density at radius 3 is 2.08 bits per heavy atom. The highest BCUT2D eigenvalue weighted by Crippen LogP contribution is 2.38. The van der Waals surface area contributed by atoms with Gasteiger partial charge in [0.1, 0.15) is 0 Å². The van der Waals surface area contributed by atoms with Gasteiger partial charge in [0, 0.05) is 19.1 Å². The molecule has 7 heteroatoms. The molecule has 1 heterocycles. The lowest BCUT2D eigenvalue weighted by atomic mass is 9.91. The van der Waals surface area contributed by atoms with Crippen molar-refractivity contribution in [1.82, 2.24) is 4.90 Å². The molecule has 6 nitrogen and oxygen atoms in total. The van der Waals surface area contributed by atoms with Crippen LogP contribution in [0.5, 0.6) is 17.2 Å². The lowest BCUT2D eigenvalue weighted by Gasteiger charge is -2.33. The van der Waals surface area contributed by atoms with E-state index in [0.717, 1.165) is 31.5 Å². The zero-order chi connectivity index (χ0) is 17.7. The van der Waals surface area contributed by atoms with Crippen LogP contribution in [0.25, 0.3) is 0 Å². The minimum Gasteiger partial charge on any atom is -0.493 e. The summed E-state index contributed by atoms with van der Waals surface area (Å²) in [4.78, 5) is 14.5. The normalized spacial score (nSPS) is 16.0. The molecule has 1 unspecified atom stereocenters. The summed E-state index contributed by atoms with van der Waals surface area (Å²) < 4.78 is 16.0. The quantitative estimate of drug-likeness (QED) is 0.829. The monoisotopic (exact) mass is 372 g/mol. The fourth-order valence-electron chi connectivity index (χ4n) is 3.20. The predicted molar refractivity (Wildman–Crippen MR) is 100 cm³/mol. The first-order valence-electron chi connectivity index (χ1n) is 8.32. The summed E-state index contributed by atoms with van der Waals surface area (Å²) in [6.07, 6.45) is 2.26. The Labute approximate surface area is 156 Å². The molecule has 2 N–H and O–H groups in total. The first-order valence-corrected chi connectivity index (χ1v) is 8.32. The second kappa shape index (κ2) is 9.73. The number of nitrogens with zero attached hydrogens (tertiary/aromatic N) is 1. The Hall–Kier alpha value is -1.66. The van der Waals surface area contributed by atoms with E-state index in [0.29, 0.717) is 29.6 Å². The van der Waals surface area contributed by atoms with E-state index >= 15 is 0 Å². The molecule has 1 atom stereocenters. The van der Waals surface area contributed by atoms with Gasteiger partial charge in [0.25, 0.3) is 0 Å². The number of piperidine rings is 1. The van der Waals surface area contributed by atoms with Crippen LogP contribution in [-0.4, -0.2) is 51.3 Å². The van der Waals surface area contributed by atoms with E-state index in [1.165, 1.54) is 0 Å². The van der Waals surface area contributed by atoms with Crippen molar-refractivity contribution in [1.29, 1.82) is 0 Å². The molecular weight excluding hydrogens is 344 g/mol. The van der Waals surface area contributed by atoms with Crippen molar-refractivity contribution in [3.63, 3.8) is 0 Å². The number of halogens is 1. The van der Waals surface area contributed by atoms with Gasteiger partial charge in [-0.05, 0) is 43.4 Å². The van der Waals surface area contributed by atoms with Gasteiger partial charge in [-0.3, -0.25) is 4.79 Å². The molecule has 0 radical (unpaired) electrons. The van der Waals surface area contributed by atoms with Crippen LogP contribution in [0, 0.1) is 5.92 Å². The summed E-state index contributed by atoms with van der Waals surface area (Å²) in [5.74, 6) is 2.29. The summed E-state index contributed by atoms with van der Waals surface area (Å²) in [5.41, 5.74) is 6.81. The number of hydrogen-bond donors (Lipinski definition) is 1. The average Bonchev–Trinajstić information content (AvgIpc) is 2.60. The number of benzene rings is 1. The first-order chi connectivity index (χ1) is 11.5. The maximum absolute atomic E-state index is 12.6. The highest BCUT2D eigenvalue weighted by molar-refractivity contribution is 5.85. The van der Waals surface area contributed by atoms with E-state index < -0.39 is 0 Å². The van der Waals surface area contributed by atoms with E-state index in [2.05, 4.69) is 0 Å². The molecular formula is C18H29ClN2O4. The van der Waals surface area contributed by atoms with Crippen LogP contribution in [0.3, 0.4) is 0 Å². The van der Waals surface area contributed by atoms with Crippen LogP contribution in [0.4, 0.5) is 0 Å². The second-order valence-electron chi connectivity index (χ2n) is 6.29. The molecule has 1 aliphatic heterocycles. The van der Waals surface area contributed by atoms with Crippen LogP contribution in [-0.2, 0) is 11.2 Å². The SMILES string of the molecule is COc1cc(CC(=O)N2CCC(C(C)N)CC2)cc(OC)c1OC.Cl. The Bertz CT molecular complexity index is 547. The van der Waals surface area contributed by atoms with Crippen molar-refractivity contribution < 1.29 is 19.0 Å². The van der Waals surface area contributed by atoms with E-state index in [1.807, 2.05) is 24.0 Å². The summed E-state index contributed by atoms with van der Waals surface area (Å²) >= 11 is 0. The number of ether oxygens (including phenoxy) is 3. The highest BCUT2D eigenvalue weighted by Gasteiger charge is 2.25. The number of likely N-dealkylation sites (tertiary alicyclic amines) is 1. The minimum absolute atomic E-state index is 0. The minimum atomic E-state index is 0.